The van der Waals surface area contributed by atoms with E-state index in [1.807, 2.05) is 6.92 Å². The Hall–Kier alpha value is -1.65. The second-order valence-electron chi connectivity index (χ2n) is 6.27. The van der Waals surface area contributed by atoms with Crippen molar-refractivity contribution in [1.29, 1.82) is 0 Å². The molecule has 0 unspecified atom stereocenters. The molecular weight excluding hydrogens is 264 g/mol. The lowest BCUT2D eigenvalue weighted by Crippen LogP contribution is -2.36. The number of nitrogens with one attached hydrogen (secondary N) is 2. The Labute approximate surface area is 127 Å². The SMILES string of the molecule is Cc1nc(NCC(C)C)cc(C(=O)NC2CCCCC2)n1. The van der Waals surface area contributed by atoms with Crippen molar-refractivity contribution in [2.45, 2.75) is 58.9 Å². The smallest absolute Gasteiger partial charge is 0.270 e. The largest absolute Gasteiger partial charge is 0.370 e. The quantitative estimate of drug-likeness (QED) is 0.875. The van der Waals surface area contributed by atoms with E-state index < -0.39 is 0 Å². The number of aromatic nitrogens is 2. The molecule has 0 saturated heterocycles. The zero-order chi connectivity index (χ0) is 15.2. The Morgan fingerprint density at radius 1 is 1.29 bits per heavy atom. The molecule has 2 rings (SSSR count). The summed E-state index contributed by atoms with van der Waals surface area (Å²) >= 11 is 0. The lowest BCUT2D eigenvalue weighted by molar-refractivity contribution is 0.0922. The number of carbonyl (C=O) groups excluding carboxylic acids is 1. The van der Waals surface area contributed by atoms with Gasteiger partial charge in [-0.2, -0.15) is 0 Å². The van der Waals surface area contributed by atoms with E-state index in [1.54, 1.807) is 6.07 Å². The predicted molar refractivity (Wildman–Crippen MR) is 84.4 cm³/mol. The summed E-state index contributed by atoms with van der Waals surface area (Å²) in [5.41, 5.74) is 0.458. The van der Waals surface area contributed by atoms with Crippen LogP contribution in [0.3, 0.4) is 0 Å². The fraction of sp³-hybridized carbons (Fsp3) is 0.688. The lowest BCUT2D eigenvalue weighted by Gasteiger charge is -2.22. The van der Waals surface area contributed by atoms with Crippen molar-refractivity contribution in [1.82, 2.24) is 15.3 Å². The van der Waals surface area contributed by atoms with E-state index in [2.05, 4.69) is 34.4 Å². The molecule has 5 heteroatoms. The highest BCUT2D eigenvalue weighted by atomic mass is 16.1. The van der Waals surface area contributed by atoms with E-state index in [0.717, 1.165) is 25.2 Å². The minimum atomic E-state index is -0.0833. The van der Waals surface area contributed by atoms with Crippen LogP contribution in [0.2, 0.25) is 0 Å². The second kappa shape index (κ2) is 7.38. The first-order chi connectivity index (χ1) is 10.0. The normalized spacial score (nSPS) is 16.0. The van der Waals surface area contributed by atoms with Crippen molar-refractivity contribution < 1.29 is 4.79 Å². The Morgan fingerprint density at radius 3 is 2.67 bits per heavy atom. The number of amides is 1. The molecule has 21 heavy (non-hydrogen) atoms. The molecule has 0 aromatic carbocycles. The van der Waals surface area contributed by atoms with Gasteiger partial charge in [-0.25, -0.2) is 9.97 Å². The number of carbonyl (C=O) groups is 1. The topological polar surface area (TPSA) is 66.9 Å². The van der Waals surface area contributed by atoms with Gasteiger partial charge in [0.2, 0.25) is 0 Å². The molecular formula is C16H26N4O. The molecule has 2 N–H and O–H groups in total. The van der Waals surface area contributed by atoms with E-state index in [4.69, 9.17) is 0 Å². The first-order valence-electron chi connectivity index (χ1n) is 7.95. The highest BCUT2D eigenvalue weighted by Gasteiger charge is 2.18. The van der Waals surface area contributed by atoms with E-state index in [9.17, 15) is 4.79 Å². The highest BCUT2D eigenvalue weighted by molar-refractivity contribution is 5.93. The summed E-state index contributed by atoms with van der Waals surface area (Å²) in [6.07, 6.45) is 5.84. The van der Waals surface area contributed by atoms with Crippen LogP contribution in [0, 0.1) is 12.8 Å². The van der Waals surface area contributed by atoms with Crippen LogP contribution in [0.4, 0.5) is 5.82 Å². The van der Waals surface area contributed by atoms with Crippen LogP contribution in [0.25, 0.3) is 0 Å². The van der Waals surface area contributed by atoms with Gasteiger partial charge in [0.1, 0.15) is 17.3 Å². The minimum absolute atomic E-state index is 0.0833. The number of hydrogen-bond acceptors (Lipinski definition) is 4. The molecule has 0 spiro atoms. The average molecular weight is 290 g/mol. The van der Waals surface area contributed by atoms with Crippen molar-refractivity contribution in [3.8, 4) is 0 Å². The van der Waals surface area contributed by atoms with E-state index in [1.165, 1.54) is 19.3 Å². The van der Waals surface area contributed by atoms with Crippen LogP contribution >= 0.6 is 0 Å². The van der Waals surface area contributed by atoms with Gasteiger partial charge in [-0.05, 0) is 25.7 Å². The van der Waals surface area contributed by atoms with Crippen LogP contribution in [-0.4, -0.2) is 28.5 Å². The van der Waals surface area contributed by atoms with Gasteiger partial charge in [-0.3, -0.25) is 4.79 Å². The maximum absolute atomic E-state index is 12.3. The van der Waals surface area contributed by atoms with E-state index >= 15 is 0 Å². The summed E-state index contributed by atoms with van der Waals surface area (Å²) in [5.74, 6) is 1.79. The van der Waals surface area contributed by atoms with Gasteiger partial charge in [0.05, 0.1) is 0 Å². The van der Waals surface area contributed by atoms with Gasteiger partial charge < -0.3 is 10.6 Å². The molecule has 1 saturated carbocycles. The van der Waals surface area contributed by atoms with Gasteiger partial charge in [-0.1, -0.05) is 33.1 Å². The maximum Gasteiger partial charge on any atom is 0.270 e. The van der Waals surface area contributed by atoms with Gasteiger partial charge >= 0.3 is 0 Å². The fourth-order valence-electron chi connectivity index (χ4n) is 2.59. The first-order valence-corrected chi connectivity index (χ1v) is 7.95. The molecule has 0 aliphatic heterocycles. The first kappa shape index (κ1) is 15.7. The third-order valence-corrected chi connectivity index (χ3v) is 3.70. The molecule has 1 amide bonds. The third-order valence-electron chi connectivity index (χ3n) is 3.70. The van der Waals surface area contributed by atoms with Crippen molar-refractivity contribution in [3.05, 3.63) is 17.6 Å². The monoisotopic (exact) mass is 290 g/mol. The van der Waals surface area contributed by atoms with Crippen molar-refractivity contribution >= 4 is 11.7 Å². The Morgan fingerprint density at radius 2 is 2.00 bits per heavy atom. The molecule has 0 bridgehead atoms. The Kier molecular flexibility index (Phi) is 5.53. The minimum Gasteiger partial charge on any atom is -0.370 e. The van der Waals surface area contributed by atoms with Crippen LogP contribution < -0.4 is 10.6 Å². The molecule has 1 aromatic heterocycles. The maximum atomic E-state index is 12.3. The molecule has 5 nitrogen and oxygen atoms in total. The summed E-state index contributed by atoms with van der Waals surface area (Å²) in [6.45, 7) is 6.92. The zero-order valence-electron chi connectivity index (χ0n) is 13.3. The highest BCUT2D eigenvalue weighted by Crippen LogP contribution is 2.18. The van der Waals surface area contributed by atoms with Crippen molar-refractivity contribution in [2.24, 2.45) is 5.92 Å². The number of hydrogen-bond donors (Lipinski definition) is 2. The zero-order valence-corrected chi connectivity index (χ0v) is 13.3. The van der Waals surface area contributed by atoms with Crippen LogP contribution in [0.1, 0.15) is 62.3 Å². The van der Waals surface area contributed by atoms with Gasteiger partial charge in [0, 0.05) is 18.7 Å². The summed E-state index contributed by atoms with van der Waals surface area (Å²) in [4.78, 5) is 20.9. The van der Waals surface area contributed by atoms with Crippen LogP contribution in [-0.2, 0) is 0 Å². The molecule has 1 aliphatic carbocycles. The number of rotatable bonds is 5. The number of aryl methyl sites for hydroxylation is 1. The Bertz CT molecular complexity index is 481. The molecule has 1 aliphatic rings. The third kappa shape index (κ3) is 4.99. The van der Waals surface area contributed by atoms with E-state index in [-0.39, 0.29) is 5.91 Å². The van der Waals surface area contributed by atoms with Gasteiger partial charge in [0.15, 0.2) is 0 Å². The molecule has 1 fully saturated rings. The summed E-state index contributed by atoms with van der Waals surface area (Å²) in [7, 11) is 0. The standard InChI is InChI=1S/C16H26N4O/c1-11(2)10-17-15-9-14(18-12(3)19-15)16(21)20-13-7-5-4-6-8-13/h9,11,13H,4-8,10H2,1-3H3,(H,20,21)(H,17,18,19). The molecule has 1 heterocycles. The summed E-state index contributed by atoms with van der Waals surface area (Å²) in [5, 5.41) is 6.35. The summed E-state index contributed by atoms with van der Waals surface area (Å²) in [6, 6.07) is 2.04. The second-order valence-corrected chi connectivity index (χ2v) is 6.27. The number of nitrogens with zero attached hydrogens (tertiary/aromatic N) is 2. The molecule has 116 valence electrons. The van der Waals surface area contributed by atoms with Crippen molar-refractivity contribution in [2.75, 3.05) is 11.9 Å². The van der Waals surface area contributed by atoms with Crippen LogP contribution in [0.5, 0.6) is 0 Å². The van der Waals surface area contributed by atoms with Crippen molar-refractivity contribution in [3.63, 3.8) is 0 Å². The van der Waals surface area contributed by atoms with E-state index in [0.29, 0.717) is 23.5 Å². The molecule has 0 radical (unpaired) electrons. The Balaban J connectivity index is 2.01. The summed E-state index contributed by atoms with van der Waals surface area (Å²) < 4.78 is 0. The fourth-order valence-corrected chi connectivity index (χ4v) is 2.59. The lowest BCUT2D eigenvalue weighted by atomic mass is 9.95. The van der Waals surface area contributed by atoms with Gasteiger partial charge in [0.25, 0.3) is 5.91 Å². The number of anilines is 1. The predicted octanol–water partition coefficient (Wildman–Crippen LogP) is 2.92. The average Bonchev–Trinajstić information content (AvgIpc) is 2.45. The van der Waals surface area contributed by atoms with Crippen LogP contribution in [0.15, 0.2) is 6.07 Å². The molecule has 0 atom stereocenters. The van der Waals surface area contributed by atoms with Gasteiger partial charge in [-0.15, -0.1) is 0 Å². The molecule has 1 aromatic rings.